The molecule has 0 aliphatic heterocycles. The summed E-state index contributed by atoms with van der Waals surface area (Å²) < 4.78 is 12.8. The van der Waals surface area contributed by atoms with Crippen molar-refractivity contribution in [3.63, 3.8) is 0 Å². The monoisotopic (exact) mass is 211 g/mol. The molecule has 0 radical (unpaired) electrons. The third kappa shape index (κ3) is 3.46. The standard InChI is InChI=1S/C10H14FN3O/c1-6(2)13-10(15)14-9-5-7(11)3-4-8(9)12/h3-6H,12H2,1-2H3,(H2,13,14,15). The minimum absolute atomic E-state index is 0.0137. The number of halogens is 1. The van der Waals surface area contributed by atoms with Gasteiger partial charge in [-0.3, -0.25) is 0 Å². The third-order valence-corrected chi connectivity index (χ3v) is 1.68. The average Bonchev–Trinajstić information content (AvgIpc) is 2.10. The van der Waals surface area contributed by atoms with Crippen LogP contribution in [0.4, 0.5) is 20.6 Å². The molecule has 4 nitrogen and oxygen atoms in total. The van der Waals surface area contributed by atoms with Crippen LogP contribution in [0.1, 0.15) is 13.8 Å². The Bertz CT molecular complexity index is 366. The molecule has 0 unspecified atom stereocenters. The van der Waals surface area contributed by atoms with E-state index in [1.165, 1.54) is 18.2 Å². The highest BCUT2D eigenvalue weighted by Gasteiger charge is 2.06. The van der Waals surface area contributed by atoms with Crippen molar-refractivity contribution >= 4 is 17.4 Å². The minimum Gasteiger partial charge on any atom is -0.397 e. The Labute approximate surface area is 87.7 Å². The number of nitrogens with two attached hydrogens (primary N) is 1. The zero-order chi connectivity index (χ0) is 11.4. The van der Waals surface area contributed by atoms with Gasteiger partial charge in [-0.15, -0.1) is 0 Å². The molecule has 0 aromatic heterocycles. The van der Waals surface area contributed by atoms with Crippen LogP contribution in [0.2, 0.25) is 0 Å². The van der Waals surface area contributed by atoms with Crippen molar-refractivity contribution in [2.45, 2.75) is 19.9 Å². The third-order valence-electron chi connectivity index (χ3n) is 1.68. The van der Waals surface area contributed by atoms with E-state index in [1.54, 1.807) is 0 Å². The van der Waals surface area contributed by atoms with Crippen LogP contribution in [0.25, 0.3) is 0 Å². The minimum atomic E-state index is -0.441. The van der Waals surface area contributed by atoms with E-state index in [1.807, 2.05) is 13.8 Å². The normalized spacial score (nSPS) is 10.1. The van der Waals surface area contributed by atoms with E-state index >= 15 is 0 Å². The van der Waals surface area contributed by atoms with E-state index in [9.17, 15) is 9.18 Å². The van der Waals surface area contributed by atoms with E-state index in [-0.39, 0.29) is 11.7 Å². The molecule has 0 saturated carbocycles. The average molecular weight is 211 g/mol. The Morgan fingerprint density at radius 2 is 2.13 bits per heavy atom. The summed E-state index contributed by atoms with van der Waals surface area (Å²) in [4.78, 5) is 11.3. The van der Waals surface area contributed by atoms with Crippen molar-refractivity contribution in [1.82, 2.24) is 5.32 Å². The van der Waals surface area contributed by atoms with Crippen molar-refractivity contribution in [2.24, 2.45) is 0 Å². The fraction of sp³-hybridized carbons (Fsp3) is 0.300. The van der Waals surface area contributed by atoms with Gasteiger partial charge in [-0.05, 0) is 32.0 Å². The number of carbonyl (C=O) groups excluding carboxylic acids is 1. The van der Waals surface area contributed by atoms with E-state index < -0.39 is 11.8 Å². The van der Waals surface area contributed by atoms with Crippen LogP contribution >= 0.6 is 0 Å². The fourth-order valence-electron chi connectivity index (χ4n) is 1.06. The number of hydrogen-bond acceptors (Lipinski definition) is 2. The maximum atomic E-state index is 12.8. The number of amides is 2. The van der Waals surface area contributed by atoms with Gasteiger partial charge < -0.3 is 16.4 Å². The topological polar surface area (TPSA) is 67.2 Å². The van der Waals surface area contributed by atoms with Crippen molar-refractivity contribution in [2.75, 3.05) is 11.1 Å². The molecule has 2 amide bonds. The first-order valence-electron chi connectivity index (χ1n) is 4.61. The molecule has 0 saturated heterocycles. The first-order valence-corrected chi connectivity index (χ1v) is 4.61. The number of benzene rings is 1. The highest BCUT2D eigenvalue weighted by atomic mass is 19.1. The largest absolute Gasteiger partial charge is 0.397 e. The van der Waals surface area contributed by atoms with Crippen LogP contribution in [0, 0.1) is 5.82 Å². The molecule has 1 aromatic carbocycles. The van der Waals surface area contributed by atoms with E-state index in [0.29, 0.717) is 5.69 Å². The van der Waals surface area contributed by atoms with Crippen molar-refractivity contribution < 1.29 is 9.18 Å². The molecule has 0 heterocycles. The summed E-state index contributed by atoms with van der Waals surface area (Å²) in [5.74, 6) is -0.441. The molecule has 5 heteroatoms. The Morgan fingerprint density at radius 3 is 2.73 bits per heavy atom. The molecule has 0 atom stereocenters. The molecule has 0 fully saturated rings. The second kappa shape index (κ2) is 4.63. The predicted molar refractivity (Wildman–Crippen MR) is 58.1 cm³/mol. The van der Waals surface area contributed by atoms with Crippen LogP contribution in [0.3, 0.4) is 0 Å². The van der Waals surface area contributed by atoms with Gasteiger partial charge in [0.25, 0.3) is 0 Å². The van der Waals surface area contributed by atoms with Crippen LogP contribution in [0.5, 0.6) is 0 Å². The lowest BCUT2D eigenvalue weighted by molar-refractivity contribution is 0.250. The summed E-state index contributed by atoms with van der Waals surface area (Å²) in [5.41, 5.74) is 6.16. The first-order chi connectivity index (χ1) is 6.99. The highest BCUT2D eigenvalue weighted by Crippen LogP contribution is 2.18. The maximum Gasteiger partial charge on any atom is 0.319 e. The second-order valence-corrected chi connectivity index (χ2v) is 3.48. The molecule has 0 spiro atoms. The highest BCUT2D eigenvalue weighted by molar-refractivity contribution is 5.92. The molecule has 0 aliphatic rings. The molecule has 82 valence electrons. The lowest BCUT2D eigenvalue weighted by Crippen LogP contribution is -2.34. The molecular formula is C10H14FN3O. The Kier molecular flexibility index (Phi) is 3.49. The summed E-state index contributed by atoms with van der Waals surface area (Å²) in [7, 11) is 0. The lowest BCUT2D eigenvalue weighted by Gasteiger charge is -2.11. The number of anilines is 2. The van der Waals surface area contributed by atoms with E-state index in [2.05, 4.69) is 10.6 Å². The lowest BCUT2D eigenvalue weighted by atomic mass is 10.2. The Hall–Kier alpha value is -1.78. The molecule has 0 aliphatic carbocycles. The van der Waals surface area contributed by atoms with Gasteiger partial charge in [-0.1, -0.05) is 0 Å². The predicted octanol–water partition coefficient (Wildman–Crippen LogP) is 1.94. The number of nitrogens with one attached hydrogen (secondary N) is 2. The van der Waals surface area contributed by atoms with E-state index in [4.69, 9.17) is 5.73 Å². The molecular weight excluding hydrogens is 197 g/mol. The van der Waals surface area contributed by atoms with Crippen LogP contribution < -0.4 is 16.4 Å². The van der Waals surface area contributed by atoms with Gasteiger partial charge in [-0.2, -0.15) is 0 Å². The summed E-state index contributed by atoms with van der Waals surface area (Å²) in [6.45, 7) is 3.66. The van der Waals surface area contributed by atoms with Gasteiger partial charge in [0.15, 0.2) is 0 Å². The van der Waals surface area contributed by atoms with Crippen molar-refractivity contribution in [1.29, 1.82) is 0 Å². The summed E-state index contributed by atoms with van der Waals surface area (Å²) in [6, 6.07) is 3.43. The Balaban J connectivity index is 2.71. The smallest absolute Gasteiger partial charge is 0.319 e. The number of urea groups is 1. The number of nitrogen functional groups attached to an aromatic ring is 1. The zero-order valence-electron chi connectivity index (χ0n) is 8.67. The SMILES string of the molecule is CC(C)NC(=O)Nc1cc(F)ccc1N. The van der Waals surface area contributed by atoms with Crippen molar-refractivity contribution in [3.8, 4) is 0 Å². The maximum absolute atomic E-state index is 12.8. The van der Waals surface area contributed by atoms with E-state index in [0.717, 1.165) is 0 Å². The molecule has 4 N–H and O–H groups in total. The number of rotatable bonds is 2. The van der Waals surface area contributed by atoms with Gasteiger partial charge in [0, 0.05) is 6.04 Å². The molecule has 1 rings (SSSR count). The summed E-state index contributed by atoms with van der Waals surface area (Å²) >= 11 is 0. The molecule has 1 aromatic rings. The summed E-state index contributed by atoms with van der Waals surface area (Å²) in [6.07, 6.45) is 0. The van der Waals surface area contributed by atoms with Gasteiger partial charge in [-0.25, -0.2) is 9.18 Å². The second-order valence-electron chi connectivity index (χ2n) is 3.48. The first kappa shape index (κ1) is 11.3. The van der Waals surface area contributed by atoms with Gasteiger partial charge in [0.05, 0.1) is 11.4 Å². The molecule has 0 bridgehead atoms. The zero-order valence-corrected chi connectivity index (χ0v) is 8.67. The van der Waals surface area contributed by atoms with Gasteiger partial charge >= 0.3 is 6.03 Å². The number of carbonyl (C=O) groups is 1. The quantitative estimate of drug-likeness (QED) is 0.654. The van der Waals surface area contributed by atoms with Crippen LogP contribution in [0.15, 0.2) is 18.2 Å². The van der Waals surface area contributed by atoms with Gasteiger partial charge in [0.1, 0.15) is 5.82 Å². The summed E-state index contributed by atoms with van der Waals surface area (Å²) in [5, 5.41) is 5.08. The van der Waals surface area contributed by atoms with Crippen LogP contribution in [-0.2, 0) is 0 Å². The van der Waals surface area contributed by atoms with Gasteiger partial charge in [0.2, 0.25) is 0 Å². The fourth-order valence-corrected chi connectivity index (χ4v) is 1.06. The molecule has 15 heavy (non-hydrogen) atoms. The number of hydrogen-bond donors (Lipinski definition) is 3. The van der Waals surface area contributed by atoms with Crippen LogP contribution in [-0.4, -0.2) is 12.1 Å². The Morgan fingerprint density at radius 1 is 1.47 bits per heavy atom. The van der Waals surface area contributed by atoms with Crippen molar-refractivity contribution in [3.05, 3.63) is 24.0 Å².